The Morgan fingerprint density at radius 3 is 1.88 bits per heavy atom. The van der Waals surface area contributed by atoms with Gasteiger partial charge in [0.25, 0.3) is 0 Å². The normalized spacial score (nSPS) is 12.6. The molecule has 1 aliphatic carbocycles. The Balaban J connectivity index is 1.42. The van der Waals surface area contributed by atoms with Gasteiger partial charge in [0, 0.05) is 38.7 Å². The van der Waals surface area contributed by atoms with Crippen molar-refractivity contribution in [2.24, 2.45) is 0 Å². The van der Waals surface area contributed by atoms with E-state index in [2.05, 4.69) is 75.5 Å². The average molecular weight is 634 g/mol. The maximum atomic E-state index is 12.2. The van der Waals surface area contributed by atoms with Crippen molar-refractivity contribution < 1.29 is 9.53 Å². The first-order chi connectivity index (χ1) is 24.2. The second-order valence-corrected chi connectivity index (χ2v) is 11.7. The summed E-state index contributed by atoms with van der Waals surface area (Å²) < 4.78 is 9.40. The van der Waals surface area contributed by atoms with Crippen LogP contribution in [0.25, 0.3) is 78.0 Å². The molecule has 3 heterocycles. The molecule has 0 saturated heterocycles. The SMILES string of the molecule is COC(=O)c1ccc(-c2nc(-c3ccccc3)nc(-n3c4ccccc4c4ccc5c6ccccc6n(C6=CC=CC=C=C6)c5c43)n2)cc1. The molecule has 0 radical (unpaired) electrons. The van der Waals surface area contributed by atoms with Crippen molar-refractivity contribution in [1.29, 1.82) is 0 Å². The zero-order valence-corrected chi connectivity index (χ0v) is 26.4. The fraction of sp³-hybridized carbons (Fsp3) is 0.0238. The van der Waals surface area contributed by atoms with Crippen molar-refractivity contribution in [3.63, 3.8) is 0 Å². The van der Waals surface area contributed by atoms with Crippen LogP contribution in [0.15, 0.2) is 151 Å². The third-order valence-electron chi connectivity index (χ3n) is 8.95. The molecule has 5 aromatic carbocycles. The number of nitrogens with zero attached hydrogens (tertiary/aromatic N) is 5. The van der Waals surface area contributed by atoms with E-state index in [0.717, 1.165) is 60.4 Å². The van der Waals surface area contributed by atoms with Gasteiger partial charge in [0.2, 0.25) is 5.95 Å². The lowest BCUT2D eigenvalue weighted by atomic mass is 10.1. The lowest BCUT2D eigenvalue weighted by Crippen LogP contribution is -2.07. The molecule has 7 heteroatoms. The molecule has 0 N–H and O–H groups in total. The van der Waals surface area contributed by atoms with E-state index in [-0.39, 0.29) is 0 Å². The standard InChI is InChI=1S/C42H27N5O2/c1-49-41(48)29-23-21-28(22-24-29)40-43-39(27-13-5-4-6-14-27)44-42(45-40)47-36-20-12-10-18-32(36)34-26-25-33-31-17-9-11-19-35(31)46(37(33)38(34)47)30-15-7-2-3-8-16-30/h2-7,9-26H,1H3. The van der Waals surface area contributed by atoms with E-state index < -0.39 is 5.97 Å². The van der Waals surface area contributed by atoms with Crippen LogP contribution in [-0.2, 0) is 4.74 Å². The van der Waals surface area contributed by atoms with Crippen LogP contribution in [0, 0.1) is 0 Å². The topological polar surface area (TPSA) is 74.8 Å². The van der Waals surface area contributed by atoms with Gasteiger partial charge in [-0.05, 0) is 36.4 Å². The van der Waals surface area contributed by atoms with E-state index in [4.69, 9.17) is 19.7 Å². The third kappa shape index (κ3) is 4.60. The maximum Gasteiger partial charge on any atom is 0.337 e. The minimum atomic E-state index is -0.401. The minimum absolute atomic E-state index is 0.401. The van der Waals surface area contributed by atoms with E-state index in [1.807, 2.05) is 72.8 Å². The second-order valence-electron chi connectivity index (χ2n) is 11.7. The molecular weight excluding hydrogens is 606 g/mol. The molecule has 49 heavy (non-hydrogen) atoms. The van der Waals surface area contributed by atoms with Crippen LogP contribution < -0.4 is 0 Å². The minimum Gasteiger partial charge on any atom is -0.465 e. The Morgan fingerprint density at radius 2 is 1.20 bits per heavy atom. The van der Waals surface area contributed by atoms with E-state index >= 15 is 0 Å². The fourth-order valence-electron chi connectivity index (χ4n) is 6.75. The van der Waals surface area contributed by atoms with Gasteiger partial charge in [-0.1, -0.05) is 103 Å². The van der Waals surface area contributed by atoms with Gasteiger partial charge in [-0.25, -0.2) is 9.78 Å². The molecule has 0 atom stereocenters. The largest absolute Gasteiger partial charge is 0.465 e. The van der Waals surface area contributed by atoms with Crippen molar-refractivity contribution >= 4 is 55.3 Å². The van der Waals surface area contributed by atoms with Gasteiger partial charge >= 0.3 is 5.97 Å². The summed E-state index contributed by atoms with van der Waals surface area (Å²) in [6.07, 6.45) is 10.1. The summed E-state index contributed by atoms with van der Waals surface area (Å²) in [5.41, 5.74) is 10.5. The number of allylic oxidation sites excluding steroid dienone is 5. The van der Waals surface area contributed by atoms with E-state index in [1.54, 1.807) is 12.1 Å². The summed E-state index contributed by atoms with van der Waals surface area (Å²) in [4.78, 5) is 27.5. The third-order valence-corrected chi connectivity index (χ3v) is 8.95. The van der Waals surface area contributed by atoms with Crippen LogP contribution >= 0.6 is 0 Å². The molecule has 0 aliphatic heterocycles. The van der Waals surface area contributed by atoms with Crippen LogP contribution in [0.3, 0.4) is 0 Å². The molecule has 232 valence electrons. The summed E-state index contributed by atoms with van der Waals surface area (Å²) in [6, 6.07) is 38.3. The predicted molar refractivity (Wildman–Crippen MR) is 195 cm³/mol. The molecule has 7 nitrogen and oxygen atoms in total. The number of carbonyl (C=O) groups excluding carboxylic acids is 1. The molecule has 8 aromatic rings. The molecule has 9 rings (SSSR count). The number of para-hydroxylation sites is 2. The van der Waals surface area contributed by atoms with Gasteiger partial charge in [0.15, 0.2) is 11.6 Å². The molecule has 0 unspecified atom stereocenters. The highest BCUT2D eigenvalue weighted by Crippen LogP contribution is 2.41. The highest BCUT2D eigenvalue weighted by Gasteiger charge is 2.23. The number of methoxy groups -OCH3 is 1. The first kappa shape index (κ1) is 28.4. The maximum absolute atomic E-state index is 12.2. The summed E-state index contributed by atoms with van der Waals surface area (Å²) in [6.45, 7) is 0. The zero-order chi connectivity index (χ0) is 32.9. The van der Waals surface area contributed by atoms with Crippen LogP contribution in [0.2, 0.25) is 0 Å². The Morgan fingerprint density at radius 1 is 0.612 bits per heavy atom. The van der Waals surface area contributed by atoms with Gasteiger partial charge in [-0.15, -0.1) is 5.73 Å². The van der Waals surface area contributed by atoms with Crippen molar-refractivity contribution in [2.75, 3.05) is 7.11 Å². The Kier molecular flexibility index (Phi) is 6.64. The molecular formula is C42H27N5O2. The first-order valence-corrected chi connectivity index (χ1v) is 16.0. The number of ether oxygens (including phenoxy) is 1. The number of hydrogen-bond acceptors (Lipinski definition) is 5. The van der Waals surface area contributed by atoms with Crippen molar-refractivity contribution in [3.05, 3.63) is 157 Å². The van der Waals surface area contributed by atoms with Gasteiger partial charge in [0.1, 0.15) is 0 Å². The van der Waals surface area contributed by atoms with Crippen LogP contribution in [0.1, 0.15) is 10.4 Å². The quantitative estimate of drug-likeness (QED) is 0.140. The second kappa shape index (κ2) is 11.5. The van der Waals surface area contributed by atoms with E-state index in [9.17, 15) is 4.79 Å². The first-order valence-electron chi connectivity index (χ1n) is 16.0. The number of carbonyl (C=O) groups is 1. The number of aromatic nitrogens is 5. The lowest BCUT2D eigenvalue weighted by molar-refractivity contribution is 0.0600. The average Bonchev–Trinajstić information content (AvgIpc) is 3.54. The molecule has 0 bridgehead atoms. The van der Waals surface area contributed by atoms with Crippen molar-refractivity contribution in [3.8, 4) is 28.7 Å². The summed E-state index contributed by atoms with van der Waals surface area (Å²) in [5, 5.41) is 4.44. The Labute approximate surface area is 281 Å². The molecule has 3 aromatic heterocycles. The smallest absolute Gasteiger partial charge is 0.337 e. The molecule has 0 amide bonds. The molecule has 0 saturated carbocycles. The fourth-order valence-corrected chi connectivity index (χ4v) is 6.75. The number of rotatable bonds is 5. The van der Waals surface area contributed by atoms with Gasteiger partial charge in [0.05, 0.1) is 40.4 Å². The Bertz CT molecular complexity index is 2740. The summed E-state index contributed by atoms with van der Waals surface area (Å²) in [7, 11) is 1.37. The van der Waals surface area contributed by atoms with E-state index in [0.29, 0.717) is 23.2 Å². The summed E-state index contributed by atoms with van der Waals surface area (Å²) in [5.74, 6) is 1.12. The van der Waals surface area contributed by atoms with Crippen molar-refractivity contribution in [1.82, 2.24) is 24.1 Å². The van der Waals surface area contributed by atoms with Crippen LogP contribution in [-0.4, -0.2) is 37.2 Å². The number of hydrogen-bond donors (Lipinski definition) is 0. The van der Waals surface area contributed by atoms with Crippen molar-refractivity contribution in [2.45, 2.75) is 0 Å². The lowest BCUT2D eigenvalue weighted by Gasteiger charge is -2.13. The van der Waals surface area contributed by atoms with E-state index in [1.165, 1.54) is 7.11 Å². The van der Waals surface area contributed by atoms with Gasteiger partial charge in [-0.3, -0.25) is 4.57 Å². The summed E-state index contributed by atoms with van der Waals surface area (Å²) >= 11 is 0. The zero-order valence-electron chi connectivity index (χ0n) is 26.4. The number of esters is 1. The molecule has 1 aliphatic rings. The number of benzene rings is 5. The molecule has 0 fully saturated rings. The number of fused-ring (bicyclic) bond motifs is 7. The highest BCUT2D eigenvalue weighted by atomic mass is 16.5. The van der Waals surface area contributed by atoms with Gasteiger partial charge < -0.3 is 9.30 Å². The Hall–Kier alpha value is -6.82. The van der Waals surface area contributed by atoms with Crippen LogP contribution in [0.4, 0.5) is 0 Å². The monoisotopic (exact) mass is 633 g/mol. The predicted octanol–water partition coefficient (Wildman–Crippen LogP) is 9.32. The molecule has 0 spiro atoms. The van der Waals surface area contributed by atoms with Crippen LogP contribution in [0.5, 0.6) is 0 Å². The van der Waals surface area contributed by atoms with Gasteiger partial charge in [-0.2, -0.15) is 9.97 Å². The highest BCUT2D eigenvalue weighted by molar-refractivity contribution is 6.24.